The van der Waals surface area contributed by atoms with Gasteiger partial charge in [-0.05, 0) is 48.8 Å². The largest absolute Gasteiger partial charge is 0.569 e. The third kappa shape index (κ3) is 3.78. The summed E-state index contributed by atoms with van der Waals surface area (Å²) in [5.74, 6) is 0.552. The van der Waals surface area contributed by atoms with Gasteiger partial charge in [0.25, 0.3) is 0 Å². The van der Waals surface area contributed by atoms with Crippen LogP contribution in [0.15, 0.2) is 48.5 Å². The zero-order valence-electron chi connectivity index (χ0n) is 11.7. The van der Waals surface area contributed by atoms with E-state index in [2.05, 4.69) is 4.90 Å². The molecule has 0 fully saturated rings. The van der Waals surface area contributed by atoms with Gasteiger partial charge in [-0.3, -0.25) is 0 Å². The second-order valence-corrected chi connectivity index (χ2v) is 4.43. The molecule has 0 bridgehead atoms. The summed E-state index contributed by atoms with van der Waals surface area (Å²) in [6, 6.07) is 14.3. The first-order valence-electron chi connectivity index (χ1n) is 6.62. The molecule has 2 rings (SSSR count). The molecule has 2 aromatic rings. The van der Waals surface area contributed by atoms with Crippen molar-refractivity contribution >= 4 is 31.6 Å². The molecule has 0 aliphatic rings. The molecule has 0 saturated heterocycles. The van der Waals surface area contributed by atoms with Crippen LogP contribution in [-0.4, -0.2) is 36.4 Å². The summed E-state index contributed by atoms with van der Waals surface area (Å²) in [6.07, 6.45) is 0. The van der Waals surface area contributed by atoms with E-state index in [9.17, 15) is 0 Å². The third-order valence-electron chi connectivity index (χ3n) is 3.16. The van der Waals surface area contributed by atoms with Gasteiger partial charge in [0.1, 0.15) is 5.75 Å². The predicted octanol–water partition coefficient (Wildman–Crippen LogP) is 0.430. The fourth-order valence-corrected chi connectivity index (χ4v) is 2.11. The lowest BCUT2D eigenvalue weighted by Gasteiger charge is -2.23. The van der Waals surface area contributed by atoms with Crippen molar-refractivity contribution < 1.29 is 19.7 Å². The third-order valence-corrected chi connectivity index (χ3v) is 3.16. The molecule has 2 aromatic carbocycles. The number of rotatable bonds is 6. The molecule has 5 nitrogen and oxygen atoms in total. The van der Waals surface area contributed by atoms with E-state index in [-0.39, 0.29) is 0 Å². The van der Waals surface area contributed by atoms with Gasteiger partial charge in [0.2, 0.25) is 0 Å². The minimum absolute atomic E-state index is 0.456. The molecule has 0 atom stereocenters. The van der Waals surface area contributed by atoms with Crippen LogP contribution in [0.1, 0.15) is 6.92 Å². The van der Waals surface area contributed by atoms with Gasteiger partial charge in [-0.2, -0.15) is 0 Å². The van der Waals surface area contributed by atoms with E-state index >= 15 is 0 Å². The molecule has 7 heteroatoms. The number of hydrogen-bond donors (Lipinski definition) is 3. The summed E-state index contributed by atoms with van der Waals surface area (Å²) >= 11 is 0. The second kappa shape index (κ2) is 7.17. The van der Waals surface area contributed by atoms with Crippen molar-refractivity contribution in [1.29, 1.82) is 0 Å². The Labute approximate surface area is 124 Å². The average molecular weight is 284 g/mol. The summed E-state index contributed by atoms with van der Waals surface area (Å²) in [4.78, 5) is 2.07. The van der Waals surface area contributed by atoms with Gasteiger partial charge in [0.05, 0.1) is 0 Å². The standard InChI is InChI=1S/C14H16B2NO4/c1-2-17(12-5-3-11(4-6-12)16(19)20)13-7-9-14(10-8-13)21-15-18/h3-10,18-20H,2H2,1H3. The highest BCUT2D eigenvalue weighted by Gasteiger charge is 2.12. The van der Waals surface area contributed by atoms with Gasteiger partial charge in [-0.1, -0.05) is 12.1 Å². The van der Waals surface area contributed by atoms with Crippen LogP contribution in [0.2, 0.25) is 0 Å². The first-order valence-corrected chi connectivity index (χ1v) is 6.62. The number of anilines is 2. The first kappa shape index (κ1) is 15.4. The fourth-order valence-electron chi connectivity index (χ4n) is 2.11. The number of benzene rings is 2. The molecule has 0 heterocycles. The summed E-state index contributed by atoms with van der Waals surface area (Å²) in [6.45, 7) is 2.79. The molecule has 1 radical (unpaired) electrons. The summed E-state index contributed by atoms with van der Waals surface area (Å²) < 4.78 is 4.88. The Kier molecular flexibility index (Phi) is 5.27. The van der Waals surface area contributed by atoms with E-state index < -0.39 is 7.12 Å². The molecule has 107 valence electrons. The van der Waals surface area contributed by atoms with E-state index in [1.54, 1.807) is 24.3 Å². The first-order chi connectivity index (χ1) is 10.2. The minimum atomic E-state index is -1.46. The highest BCUT2D eigenvalue weighted by atomic mass is 16.5. The van der Waals surface area contributed by atoms with Crippen molar-refractivity contribution in [1.82, 2.24) is 0 Å². The lowest BCUT2D eigenvalue weighted by atomic mass is 9.80. The van der Waals surface area contributed by atoms with Gasteiger partial charge in [-0.25, -0.2) is 0 Å². The molecule has 0 aliphatic heterocycles. The average Bonchev–Trinajstić information content (AvgIpc) is 2.50. The summed E-state index contributed by atoms with van der Waals surface area (Å²) in [5, 5.41) is 26.8. The maximum absolute atomic E-state index is 9.11. The maximum atomic E-state index is 9.11. The normalized spacial score (nSPS) is 10.1. The van der Waals surface area contributed by atoms with Crippen LogP contribution in [-0.2, 0) is 0 Å². The molecule has 0 unspecified atom stereocenters. The monoisotopic (exact) mass is 284 g/mol. The molecule has 0 spiro atoms. The van der Waals surface area contributed by atoms with Gasteiger partial charge < -0.3 is 24.6 Å². The van der Waals surface area contributed by atoms with Crippen LogP contribution < -0.4 is 15.0 Å². The number of hydrogen-bond acceptors (Lipinski definition) is 5. The molecular weight excluding hydrogens is 268 g/mol. The van der Waals surface area contributed by atoms with E-state index in [0.29, 0.717) is 18.9 Å². The van der Waals surface area contributed by atoms with Crippen LogP contribution in [0.3, 0.4) is 0 Å². The van der Waals surface area contributed by atoms with Crippen molar-refractivity contribution in [3.63, 3.8) is 0 Å². The molecule has 0 aromatic heterocycles. The smallest absolute Gasteiger partial charge is 0.537 e. The Bertz CT molecular complexity index is 560. The SMILES string of the molecule is CCN(c1ccc(O[B]O)cc1)c1ccc(B(O)O)cc1. The highest BCUT2D eigenvalue weighted by Crippen LogP contribution is 2.26. The van der Waals surface area contributed by atoms with E-state index in [4.69, 9.17) is 19.7 Å². The van der Waals surface area contributed by atoms with Crippen LogP contribution >= 0.6 is 0 Å². The van der Waals surface area contributed by atoms with Crippen LogP contribution in [0, 0.1) is 0 Å². The number of nitrogens with zero attached hydrogens (tertiary/aromatic N) is 1. The van der Waals surface area contributed by atoms with E-state index in [0.717, 1.165) is 17.9 Å². The Morgan fingerprint density at radius 2 is 1.52 bits per heavy atom. The highest BCUT2D eigenvalue weighted by molar-refractivity contribution is 6.58. The van der Waals surface area contributed by atoms with Crippen molar-refractivity contribution in [3.05, 3.63) is 48.5 Å². The lowest BCUT2D eigenvalue weighted by molar-refractivity contribution is 0.425. The van der Waals surface area contributed by atoms with E-state index in [1.165, 1.54) is 0 Å². The van der Waals surface area contributed by atoms with Crippen molar-refractivity contribution in [2.24, 2.45) is 0 Å². The van der Waals surface area contributed by atoms with Crippen LogP contribution in [0.25, 0.3) is 0 Å². The van der Waals surface area contributed by atoms with Crippen molar-refractivity contribution in [2.45, 2.75) is 6.92 Å². The van der Waals surface area contributed by atoms with Gasteiger partial charge in [0, 0.05) is 17.9 Å². The zero-order valence-corrected chi connectivity index (χ0v) is 11.7. The second-order valence-electron chi connectivity index (χ2n) is 4.43. The topological polar surface area (TPSA) is 73.2 Å². The van der Waals surface area contributed by atoms with E-state index in [1.807, 2.05) is 31.2 Å². The Morgan fingerprint density at radius 1 is 1.00 bits per heavy atom. The summed E-state index contributed by atoms with van der Waals surface area (Å²) in [7, 11) is -0.814. The van der Waals surface area contributed by atoms with Crippen LogP contribution in [0.4, 0.5) is 11.4 Å². The van der Waals surface area contributed by atoms with Crippen LogP contribution in [0.5, 0.6) is 5.75 Å². The van der Waals surface area contributed by atoms with Gasteiger partial charge >= 0.3 is 14.8 Å². The fraction of sp³-hybridized carbons (Fsp3) is 0.143. The Balaban J connectivity index is 2.22. The Morgan fingerprint density at radius 3 is 1.95 bits per heavy atom. The maximum Gasteiger partial charge on any atom is 0.569 e. The van der Waals surface area contributed by atoms with Crippen molar-refractivity contribution in [3.8, 4) is 5.75 Å². The molecule has 0 saturated carbocycles. The Hall–Kier alpha value is -1.95. The zero-order chi connectivity index (χ0) is 15.2. The lowest BCUT2D eigenvalue weighted by Crippen LogP contribution is -2.29. The molecule has 3 N–H and O–H groups in total. The minimum Gasteiger partial charge on any atom is -0.537 e. The predicted molar refractivity (Wildman–Crippen MR) is 84.0 cm³/mol. The van der Waals surface area contributed by atoms with Gasteiger partial charge in [0.15, 0.2) is 0 Å². The molecular formula is C14H16B2NO4. The molecule has 21 heavy (non-hydrogen) atoms. The van der Waals surface area contributed by atoms with Gasteiger partial charge in [-0.15, -0.1) is 0 Å². The van der Waals surface area contributed by atoms with Crippen molar-refractivity contribution in [2.75, 3.05) is 11.4 Å². The summed E-state index contributed by atoms with van der Waals surface area (Å²) in [5.41, 5.74) is 2.38. The molecule has 0 amide bonds. The molecule has 0 aliphatic carbocycles. The quantitative estimate of drug-likeness (QED) is 0.671.